The largest absolute Gasteiger partial charge is 2.00 e. The second-order valence-electron chi connectivity index (χ2n) is 4.56. The van der Waals surface area contributed by atoms with Gasteiger partial charge in [0.25, 0.3) is 0 Å². The fourth-order valence-corrected chi connectivity index (χ4v) is 2.13. The Morgan fingerprint density at radius 3 is 2.43 bits per heavy atom. The summed E-state index contributed by atoms with van der Waals surface area (Å²) in [6.45, 7) is 0. The Balaban J connectivity index is 0.000000276. The molecule has 0 saturated heterocycles. The van der Waals surface area contributed by atoms with Gasteiger partial charge in [0, 0.05) is 0 Å². The number of carboxylic acids is 1. The van der Waals surface area contributed by atoms with Crippen molar-refractivity contribution in [3.8, 4) is 11.3 Å². The minimum atomic E-state index is -1.02. The minimum absolute atomic E-state index is 0. The maximum absolute atomic E-state index is 11.0. The number of aromatic nitrogens is 3. The Bertz CT molecular complexity index is 847. The van der Waals surface area contributed by atoms with Gasteiger partial charge in [-0.2, -0.15) is 35.4 Å². The van der Waals surface area contributed by atoms with Crippen LogP contribution in [0.15, 0.2) is 73.1 Å². The molecule has 0 spiro atoms. The zero-order valence-electron chi connectivity index (χ0n) is 12.0. The summed E-state index contributed by atoms with van der Waals surface area (Å²) in [7, 11) is 0. The third kappa shape index (κ3) is 3.56. The summed E-state index contributed by atoms with van der Waals surface area (Å²) in [5.41, 5.74) is 2.28. The van der Waals surface area contributed by atoms with Gasteiger partial charge in [-0.25, -0.2) is 26.4 Å². The van der Waals surface area contributed by atoms with Crippen LogP contribution in [0.3, 0.4) is 0 Å². The number of aromatic carboxylic acids is 1. The summed E-state index contributed by atoms with van der Waals surface area (Å²) >= 11 is 0. The number of carboxylic acid groups (broad SMARTS) is 1. The molecule has 4 aromatic rings. The molecule has 0 bridgehead atoms. The molecule has 0 aliphatic carbocycles. The number of nitrogens with zero attached hydrogens (tertiary/aromatic N) is 3. The third-order valence-electron chi connectivity index (χ3n) is 3.15. The monoisotopic (exact) mass is 347 g/mol. The molecule has 0 amide bonds. The standard InChI is InChI=1S/C12H8N3O2.C5H5.Fe/c16-12(17)9-7-14-15-10(5-6-13-11(9)15)8-3-1-2-4-8;1-2-4-5-3-1;/h1-7H,(H,16,17);1-5H;/q2*-1;+2. The molecule has 0 atom stereocenters. The normalized spacial score (nSPS) is 9.74. The summed E-state index contributed by atoms with van der Waals surface area (Å²) in [6, 6.07) is 19.5. The van der Waals surface area contributed by atoms with E-state index >= 15 is 0 Å². The van der Waals surface area contributed by atoms with E-state index in [1.807, 2.05) is 54.6 Å². The van der Waals surface area contributed by atoms with E-state index < -0.39 is 5.97 Å². The van der Waals surface area contributed by atoms with E-state index in [1.54, 1.807) is 16.8 Å². The number of hydrogen-bond donors (Lipinski definition) is 1. The van der Waals surface area contributed by atoms with Crippen LogP contribution < -0.4 is 0 Å². The summed E-state index contributed by atoms with van der Waals surface area (Å²) in [4.78, 5) is 15.0. The fraction of sp³-hybridized carbons (Fsp3) is 0. The number of hydrogen-bond acceptors (Lipinski definition) is 3. The SMILES string of the molecule is O=C(O)c1cnn2c(-[c-]3cccc3)ccnc12.[Fe+2].c1cc[cH-]c1. The predicted octanol–water partition coefficient (Wildman–Crippen LogP) is 3.22. The van der Waals surface area contributed by atoms with Crippen molar-refractivity contribution in [1.29, 1.82) is 0 Å². The molecule has 1 N–H and O–H groups in total. The third-order valence-corrected chi connectivity index (χ3v) is 3.15. The molecule has 5 nitrogen and oxygen atoms in total. The van der Waals surface area contributed by atoms with E-state index in [2.05, 4.69) is 10.1 Å². The van der Waals surface area contributed by atoms with Crippen molar-refractivity contribution < 1.29 is 27.0 Å². The van der Waals surface area contributed by atoms with Crippen molar-refractivity contribution in [2.24, 2.45) is 0 Å². The van der Waals surface area contributed by atoms with Gasteiger partial charge in [-0.05, 0) is 11.9 Å². The summed E-state index contributed by atoms with van der Waals surface area (Å²) in [6.07, 6.45) is 2.91. The molecule has 23 heavy (non-hydrogen) atoms. The predicted molar refractivity (Wildman–Crippen MR) is 83.0 cm³/mol. The van der Waals surface area contributed by atoms with Gasteiger partial charge >= 0.3 is 23.0 Å². The van der Waals surface area contributed by atoms with Crippen molar-refractivity contribution in [1.82, 2.24) is 14.6 Å². The first-order valence-corrected chi connectivity index (χ1v) is 6.72. The maximum atomic E-state index is 11.0. The molecule has 6 heteroatoms. The summed E-state index contributed by atoms with van der Waals surface area (Å²) in [5.74, 6) is -1.02. The van der Waals surface area contributed by atoms with Gasteiger partial charge in [0.05, 0.1) is 6.20 Å². The van der Waals surface area contributed by atoms with Crippen LogP contribution in [-0.2, 0) is 17.1 Å². The van der Waals surface area contributed by atoms with Gasteiger partial charge in [-0.15, -0.1) is 12.1 Å². The van der Waals surface area contributed by atoms with Crippen molar-refractivity contribution in [2.45, 2.75) is 0 Å². The number of rotatable bonds is 2. The first-order valence-electron chi connectivity index (χ1n) is 6.72. The fourth-order valence-electron chi connectivity index (χ4n) is 2.13. The Kier molecular flexibility index (Phi) is 5.46. The van der Waals surface area contributed by atoms with Crippen molar-refractivity contribution >= 4 is 11.6 Å². The van der Waals surface area contributed by atoms with E-state index in [9.17, 15) is 4.79 Å². The molecule has 4 rings (SSSR count). The van der Waals surface area contributed by atoms with Gasteiger partial charge in [-0.3, -0.25) is 0 Å². The molecular weight excluding hydrogens is 334 g/mol. The Morgan fingerprint density at radius 1 is 1.17 bits per heavy atom. The Hall–Kier alpha value is -2.69. The second-order valence-corrected chi connectivity index (χ2v) is 4.56. The van der Waals surface area contributed by atoms with E-state index in [-0.39, 0.29) is 22.6 Å². The van der Waals surface area contributed by atoms with E-state index in [1.165, 1.54) is 6.20 Å². The number of fused-ring (bicyclic) bond motifs is 1. The molecule has 0 radical (unpaired) electrons. The molecule has 116 valence electrons. The van der Waals surface area contributed by atoms with E-state index in [0.29, 0.717) is 5.65 Å². The van der Waals surface area contributed by atoms with Crippen LogP contribution in [0.5, 0.6) is 0 Å². The van der Waals surface area contributed by atoms with E-state index in [4.69, 9.17) is 5.11 Å². The topological polar surface area (TPSA) is 67.5 Å². The summed E-state index contributed by atoms with van der Waals surface area (Å²) in [5, 5.41) is 13.1. The average Bonchev–Trinajstić information content (AvgIpc) is 3.27. The van der Waals surface area contributed by atoms with Crippen LogP contribution in [0.1, 0.15) is 10.4 Å². The molecule has 2 aromatic carbocycles. The van der Waals surface area contributed by atoms with Crippen LogP contribution in [-0.4, -0.2) is 25.7 Å². The van der Waals surface area contributed by atoms with Crippen LogP contribution in [0.2, 0.25) is 0 Å². The maximum Gasteiger partial charge on any atom is 2.00 e. The van der Waals surface area contributed by atoms with Crippen molar-refractivity contribution in [3.05, 3.63) is 78.6 Å². The van der Waals surface area contributed by atoms with Gasteiger partial charge in [-0.1, -0.05) is 11.6 Å². The van der Waals surface area contributed by atoms with Crippen LogP contribution in [0, 0.1) is 0 Å². The zero-order chi connectivity index (χ0) is 15.4. The van der Waals surface area contributed by atoms with Gasteiger partial charge < -0.3 is 5.11 Å². The van der Waals surface area contributed by atoms with Crippen LogP contribution >= 0.6 is 0 Å². The first kappa shape index (κ1) is 16.7. The molecule has 2 heterocycles. The van der Waals surface area contributed by atoms with E-state index in [0.717, 1.165) is 11.3 Å². The number of carbonyl (C=O) groups is 1. The van der Waals surface area contributed by atoms with Gasteiger partial charge in [0.15, 0.2) is 5.65 Å². The van der Waals surface area contributed by atoms with Crippen LogP contribution in [0.4, 0.5) is 0 Å². The molecule has 0 fully saturated rings. The van der Waals surface area contributed by atoms with Gasteiger partial charge in [0.1, 0.15) is 5.56 Å². The quantitative estimate of drug-likeness (QED) is 0.447. The Labute approximate surface area is 143 Å². The minimum Gasteiger partial charge on any atom is -0.477 e. The zero-order valence-corrected chi connectivity index (χ0v) is 13.1. The molecular formula is C17H13FeN3O2. The molecule has 0 saturated carbocycles. The van der Waals surface area contributed by atoms with Gasteiger partial charge in [0.2, 0.25) is 0 Å². The Morgan fingerprint density at radius 2 is 1.87 bits per heavy atom. The van der Waals surface area contributed by atoms with Crippen LogP contribution in [0.25, 0.3) is 16.9 Å². The molecule has 2 aromatic heterocycles. The molecule has 0 unspecified atom stereocenters. The summed E-state index contributed by atoms with van der Waals surface area (Å²) < 4.78 is 1.54. The first-order chi connectivity index (χ1) is 10.8. The van der Waals surface area contributed by atoms with Crippen molar-refractivity contribution in [2.75, 3.05) is 0 Å². The average molecular weight is 347 g/mol. The second kappa shape index (κ2) is 7.54. The molecule has 0 aliphatic rings. The van der Waals surface area contributed by atoms with Crippen molar-refractivity contribution in [3.63, 3.8) is 0 Å². The smallest absolute Gasteiger partial charge is 0.477 e. The molecule has 0 aliphatic heterocycles.